The van der Waals surface area contributed by atoms with Crippen LogP contribution in [0.3, 0.4) is 0 Å². The van der Waals surface area contributed by atoms with Gasteiger partial charge in [-0.05, 0) is 30.0 Å². The monoisotopic (exact) mass is 240 g/mol. The van der Waals surface area contributed by atoms with Gasteiger partial charge in [-0.15, -0.1) is 0 Å². The molecule has 16 heavy (non-hydrogen) atoms. The summed E-state index contributed by atoms with van der Waals surface area (Å²) in [5.41, 5.74) is 8.27. The minimum atomic E-state index is 0.0312. The molecule has 1 aromatic carbocycles. The molecule has 90 valence electrons. The molecule has 0 unspecified atom stereocenters. The van der Waals surface area contributed by atoms with Crippen LogP contribution in [0.2, 0.25) is 5.02 Å². The smallest absolute Gasteiger partial charge is 0.0474 e. The van der Waals surface area contributed by atoms with Gasteiger partial charge in [-0.3, -0.25) is 0 Å². The van der Waals surface area contributed by atoms with Crippen LogP contribution in [-0.4, -0.2) is 14.1 Å². The molecule has 2 N–H and O–H groups in total. The van der Waals surface area contributed by atoms with Crippen LogP contribution in [0.25, 0.3) is 0 Å². The fourth-order valence-corrected chi connectivity index (χ4v) is 2.04. The van der Waals surface area contributed by atoms with Gasteiger partial charge in [-0.25, -0.2) is 0 Å². The van der Waals surface area contributed by atoms with Crippen molar-refractivity contribution in [3.05, 3.63) is 28.8 Å². The lowest BCUT2D eigenvalue weighted by atomic mass is 9.97. The Morgan fingerprint density at radius 2 is 1.94 bits per heavy atom. The first-order valence-electron chi connectivity index (χ1n) is 5.64. The van der Waals surface area contributed by atoms with Crippen molar-refractivity contribution in [2.45, 2.75) is 26.3 Å². The molecule has 0 aliphatic carbocycles. The minimum absolute atomic E-state index is 0.0312. The molecule has 1 rings (SSSR count). The summed E-state index contributed by atoms with van der Waals surface area (Å²) < 4.78 is 0. The van der Waals surface area contributed by atoms with Crippen molar-refractivity contribution in [2.75, 3.05) is 19.0 Å². The first kappa shape index (κ1) is 13.3. The Bertz CT molecular complexity index is 348. The van der Waals surface area contributed by atoms with Gasteiger partial charge < -0.3 is 10.6 Å². The molecule has 0 radical (unpaired) electrons. The normalized spacial score (nSPS) is 12.9. The molecule has 3 heteroatoms. The third kappa shape index (κ3) is 3.39. The SMILES string of the molecule is CC(C)C[C@H](N)c1ccc(N(C)C)cc1Cl. The fraction of sp³-hybridized carbons (Fsp3) is 0.538. The maximum absolute atomic E-state index is 6.25. The Labute approximate surface area is 103 Å². The summed E-state index contributed by atoms with van der Waals surface area (Å²) >= 11 is 6.25. The van der Waals surface area contributed by atoms with Gasteiger partial charge in [0.2, 0.25) is 0 Å². The van der Waals surface area contributed by atoms with E-state index >= 15 is 0 Å². The third-order valence-electron chi connectivity index (χ3n) is 2.63. The van der Waals surface area contributed by atoms with E-state index in [1.807, 2.05) is 31.1 Å². The van der Waals surface area contributed by atoms with Crippen LogP contribution in [0, 0.1) is 5.92 Å². The van der Waals surface area contributed by atoms with Gasteiger partial charge in [0.25, 0.3) is 0 Å². The van der Waals surface area contributed by atoms with Gasteiger partial charge in [-0.1, -0.05) is 31.5 Å². The standard InChI is InChI=1S/C13H21ClN2/c1-9(2)7-13(15)11-6-5-10(16(3)4)8-12(11)14/h5-6,8-9,13H,7,15H2,1-4H3/t13-/m0/s1. The van der Waals surface area contributed by atoms with Gasteiger partial charge >= 0.3 is 0 Å². The minimum Gasteiger partial charge on any atom is -0.378 e. The van der Waals surface area contributed by atoms with Crippen LogP contribution >= 0.6 is 11.6 Å². The molecule has 1 atom stereocenters. The van der Waals surface area contributed by atoms with Crippen molar-refractivity contribution in [2.24, 2.45) is 11.7 Å². The number of halogens is 1. The third-order valence-corrected chi connectivity index (χ3v) is 2.95. The molecule has 0 aliphatic rings. The maximum Gasteiger partial charge on any atom is 0.0474 e. The van der Waals surface area contributed by atoms with Crippen LogP contribution in [0.5, 0.6) is 0 Å². The van der Waals surface area contributed by atoms with Gasteiger partial charge in [0, 0.05) is 30.8 Å². The van der Waals surface area contributed by atoms with E-state index in [1.54, 1.807) is 0 Å². The molecule has 0 saturated heterocycles. The highest BCUT2D eigenvalue weighted by Gasteiger charge is 2.12. The highest BCUT2D eigenvalue weighted by Crippen LogP contribution is 2.29. The topological polar surface area (TPSA) is 29.3 Å². The molecule has 0 heterocycles. The van der Waals surface area contributed by atoms with Gasteiger partial charge in [0.15, 0.2) is 0 Å². The van der Waals surface area contributed by atoms with E-state index < -0.39 is 0 Å². The van der Waals surface area contributed by atoms with Crippen LogP contribution in [0.4, 0.5) is 5.69 Å². The molecular weight excluding hydrogens is 220 g/mol. The first-order chi connectivity index (χ1) is 7.41. The second kappa shape index (κ2) is 5.55. The lowest BCUT2D eigenvalue weighted by molar-refractivity contribution is 0.510. The summed E-state index contributed by atoms with van der Waals surface area (Å²) in [6.45, 7) is 4.34. The summed E-state index contributed by atoms with van der Waals surface area (Å²) in [6.07, 6.45) is 0.959. The number of rotatable bonds is 4. The maximum atomic E-state index is 6.25. The lowest BCUT2D eigenvalue weighted by Crippen LogP contribution is -2.14. The molecule has 0 fully saturated rings. The number of hydrogen-bond donors (Lipinski definition) is 1. The van der Waals surface area contributed by atoms with Crippen LogP contribution in [0.1, 0.15) is 31.9 Å². The van der Waals surface area contributed by atoms with E-state index in [0.717, 1.165) is 22.7 Å². The van der Waals surface area contributed by atoms with E-state index in [2.05, 4.69) is 19.9 Å². The average molecular weight is 241 g/mol. The molecule has 0 aliphatic heterocycles. The summed E-state index contributed by atoms with van der Waals surface area (Å²) in [5, 5.41) is 0.763. The lowest BCUT2D eigenvalue weighted by Gasteiger charge is -2.18. The first-order valence-corrected chi connectivity index (χ1v) is 6.02. The van der Waals surface area contributed by atoms with E-state index in [1.165, 1.54) is 0 Å². The predicted molar refractivity (Wildman–Crippen MR) is 72.2 cm³/mol. The van der Waals surface area contributed by atoms with Crippen molar-refractivity contribution < 1.29 is 0 Å². The molecule has 1 aromatic rings. The van der Waals surface area contributed by atoms with Crippen molar-refractivity contribution >= 4 is 17.3 Å². The number of nitrogens with zero attached hydrogens (tertiary/aromatic N) is 1. The second-order valence-electron chi connectivity index (χ2n) is 4.84. The number of nitrogens with two attached hydrogens (primary N) is 1. The Hall–Kier alpha value is -0.730. The zero-order chi connectivity index (χ0) is 12.3. The number of hydrogen-bond acceptors (Lipinski definition) is 2. The summed E-state index contributed by atoms with van der Waals surface area (Å²) in [5.74, 6) is 0.583. The van der Waals surface area contributed by atoms with Gasteiger partial charge in [0.05, 0.1) is 0 Å². The second-order valence-corrected chi connectivity index (χ2v) is 5.24. The zero-order valence-electron chi connectivity index (χ0n) is 10.5. The van der Waals surface area contributed by atoms with Gasteiger partial charge in [0.1, 0.15) is 0 Å². The molecule has 0 aromatic heterocycles. The zero-order valence-corrected chi connectivity index (χ0v) is 11.3. The number of anilines is 1. The van der Waals surface area contributed by atoms with Gasteiger partial charge in [-0.2, -0.15) is 0 Å². The van der Waals surface area contributed by atoms with Crippen LogP contribution < -0.4 is 10.6 Å². The van der Waals surface area contributed by atoms with E-state index in [9.17, 15) is 0 Å². The Morgan fingerprint density at radius 1 is 1.31 bits per heavy atom. The van der Waals surface area contributed by atoms with Crippen molar-refractivity contribution in [3.8, 4) is 0 Å². The van der Waals surface area contributed by atoms with E-state index in [4.69, 9.17) is 17.3 Å². The Balaban J connectivity index is 2.90. The summed E-state index contributed by atoms with van der Waals surface area (Å²) in [4.78, 5) is 2.03. The molecule has 0 amide bonds. The summed E-state index contributed by atoms with van der Waals surface area (Å²) in [7, 11) is 4.00. The van der Waals surface area contributed by atoms with E-state index in [0.29, 0.717) is 5.92 Å². The average Bonchev–Trinajstić information content (AvgIpc) is 2.15. The molecular formula is C13H21ClN2. The molecule has 0 spiro atoms. The fourth-order valence-electron chi connectivity index (χ4n) is 1.73. The predicted octanol–water partition coefficient (Wildman–Crippen LogP) is 3.45. The quantitative estimate of drug-likeness (QED) is 0.874. The van der Waals surface area contributed by atoms with Crippen LogP contribution in [0.15, 0.2) is 18.2 Å². The van der Waals surface area contributed by atoms with E-state index in [-0.39, 0.29) is 6.04 Å². The molecule has 0 saturated carbocycles. The Kier molecular flexibility index (Phi) is 4.63. The van der Waals surface area contributed by atoms with Crippen LogP contribution in [-0.2, 0) is 0 Å². The Morgan fingerprint density at radius 3 is 2.38 bits per heavy atom. The molecule has 0 bridgehead atoms. The highest BCUT2D eigenvalue weighted by atomic mass is 35.5. The van der Waals surface area contributed by atoms with Crippen molar-refractivity contribution in [1.29, 1.82) is 0 Å². The highest BCUT2D eigenvalue weighted by molar-refractivity contribution is 6.31. The number of benzene rings is 1. The van der Waals surface area contributed by atoms with Crippen molar-refractivity contribution in [1.82, 2.24) is 0 Å². The molecule has 2 nitrogen and oxygen atoms in total. The largest absolute Gasteiger partial charge is 0.378 e. The summed E-state index contributed by atoms with van der Waals surface area (Å²) in [6, 6.07) is 6.09. The van der Waals surface area contributed by atoms with Crippen molar-refractivity contribution in [3.63, 3.8) is 0 Å².